The van der Waals surface area contributed by atoms with Gasteiger partial charge in [-0.25, -0.2) is 8.78 Å². The maximum Gasteiger partial charge on any atom is 0.272 e. The first-order chi connectivity index (χ1) is 7.94. The summed E-state index contributed by atoms with van der Waals surface area (Å²) in [7, 11) is 0. The molecule has 0 aliphatic carbocycles. The molecule has 0 heterocycles. The fourth-order valence-electron chi connectivity index (χ4n) is 1.60. The summed E-state index contributed by atoms with van der Waals surface area (Å²) < 4.78 is 26.6. The zero-order chi connectivity index (χ0) is 12.9. The summed E-state index contributed by atoms with van der Waals surface area (Å²) in [6.45, 7) is 3.44. The molecule has 0 saturated carbocycles. The lowest BCUT2D eigenvalue weighted by atomic mass is 10.1. The molecule has 0 aliphatic rings. The van der Waals surface area contributed by atoms with E-state index in [2.05, 4.69) is 0 Å². The monoisotopic (exact) mass is 242 g/mol. The van der Waals surface area contributed by atoms with Crippen LogP contribution in [0, 0.1) is 0 Å². The van der Waals surface area contributed by atoms with Crippen LogP contribution >= 0.6 is 0 Å². The lowest BCUT2D eigenvalue weighted by molar-refractivity contribution is -0.0333. The van der Waals surface area contributed by atoms with Crippen LogP contribution < -0.4 is 5.73 Å². The second-order valence-corrected chi connectivity index (χ2v) is 4.54. The highest BCUT2D eigenvalue weighted by molar-refractivity contribution is 5.14. The van der Waals surface area contributed by atoms with Crippen molar-refractivity contribution in [3.63, 3.8) is 0 Å². The van der Waals surface area contributed by atoms with Crippen LogP contribution in [0.1, 0.15) is 19.4 Å². The van der Waals surface area contributed by atoms with Crippen molar-refractivity contribution in [1.29, 1.82) is 0 Å². The predicted molar refractivity (Wildman–Crippen MR) is 66.0 cm³/mol. The van der Waals surface area contributed by atoms with Crippen LogP contribution in [0.4, 0.5) is 8.78 Å². The topological polar surface area (TPSA) is 29.3 Å². The number of halogens is 2. The van der Waals surface area contributed by atoms with Crippen LogP contribution in [-0.2, 0) is 6.54 Å². The molecule has 2 nitrogen and oxygen atoms in total. The second kappa shape index (κ2) is 6.07. The van der Waals surface area contributed by atoms with Crippen LogP contribution in [0.3, 0.4) is 0 Å². The first-order valence-electron chi connectivity index (χ1n) is 5.80. The highest BCUT2D eigenvalue weighted by Gasteiger charge is 2.30. The summed E-state index contributed by atoms with van der Waals surface area (Å²) in [4.78, 5) is 1.74. The summed E-state index contributed by atoms with van der Waals surface area (Å²) in [6, 6.07) is 9.68. The van der Waals surface area contributed by atoms with Crippen LogP contribution in [0.5, 0.6) is 0 Å². The van der Waals surface area contributed by atoms with E-state index in [9.17, 15) is 8.78 Å². The summed E-state index contributed by atoms with van der Waals surface area (Å²) in [6.07, 6.45) is 0. The Labute approximate surface area is 101 Å². The molecule has 0 atom stereocenters. The molecule has 0 amide bonds. The molecule has 0 unspecified atom stereocenters. The third-order valence-corrected chi connectivity index (χ3v) is 2.69. The van der Waals surface area contributed by atoms with Gasteiger partial charge in [0.25, 0.3) is 5.92 Å². The average molecular weight is 242 g/mol. The molecule has 0 spiro atoms. The Hall–Kier alpha value is -1.00. The van der Waals surface area contributed by atoms with Crippen molar-refractivity contribution < 1.29 is 8.78 Å². The Balaban J connectivity index is 2.68. The molecule has 0 fully saturated rings. The van der Waals surface area contributed by atoms with E-state index in [1.54, 1.807) is 4.90 Å². The van der Waals surface area contributed by atoms with Crippen molar-refractivity contribution in [2.75, 3.05) is 13.1 Å². The number of nitrogens with two attached hydrogens (primary N) is 1. The first-order valence-corrected chi connectivity index (χ1v) is 5.80. The molecule has 0 bridgehead atoms. The van der Waals surface area contributed by atoms with Crippen LogP contribution in [0.2, 0.25) is 0 Å². The van der Waals surface area contributed by atoms with Gasteiger partial charge in [-0.2, -0.15) is 0 Å². The van der Waals surface area contributed by atoms with Crippen molar-refractivity contribution in [2.45, 2.75) is 32.4 Å². The van der Waals surface area contributed by atoms with E-state index in [1.165, 1.54) is 0 Å². The molecule has 1 aromatic rings. The number of benzene rings is 1. The Morgan fingerprint density at radius 1 is 1.24 bits per heavy atom. The average Bonchev–Trinajstić information content (AvgIpc) is 2.29. The van der Waals surface area contributed by atoms with Gasteiger partial charge in [-0.1, -0.05) is 30.3 Å². The van der Waals surface area contributed by atoms with Crippen molar-refractivity contribution in [3.8, 4) is 0 Å². The number of alkyl halides is 2. The van der Waals surface area contributed by atoms with Gasteiger partial charge >= 0.3 is 0 Å². The van der Waals surface area contributed by atoms with E-state index in [-0.39, 0.29) is 12.6 Å². The highest BCUT2D eigenvalue weighted by Crippen LogP contribution is 2.17. The van der Waals surface area contributed by atoms with Gasteiger partial charge in [-0.3, -0.25) is 4.90 Å². The van der Waals surface area contributed by atoms with Gasteiger partial charge in [-0.05, 0) is 19.4 Å². The summed E-state index contributed by atoms with van der Waals surface area (Å²) >= 11 is 0. The lowest BCUT2D eigenvalue weighted by Crippen LogP contribution is -2.44. The van der Waals surface area contributed by atoms with Gasteiger partial charge in [0.15, 0.2) is 0 Å². The van der Waals surface area contributed by atoms with Crippen LogP contribution in [0.15, 0.2) is 30.3 Å². The Morgan fingerprint density at radius 3 is 2.29 bits per heavy atom. The van der Waals surface area contributed by atoms with Gasteiger partial charge in [0.2, 0.25) is 0 Å². The normalized spacial score (nSPS) is 12.4. The Kier molecular flexibility index (Phi) is 5.02. The quantitative estimate of drug-likeness (QED) is 0.830. The molecule has 4 heteroatoms. The van der Waals surface area contributed by atoms with Gasteiger partial charge in [0.1, 0.15) is 0 Å². The fourth-order valence-corrected chi connectivity index (χ4v) is 1.60. The standard InChI is InChI=1S/C13H20F2N2/c1-11(2)17(10-13(14,15)9-16)8-12-6-4-3-5-7-12/h3-7,11H,8-10,16H2,1-2H3. The minimum atomic E-state index is -2.82. The molecular weight excluding hydrogens is 222 g/mol. The minimum Gasteiger partial charge on any atom is -0.325 e. The molecule has 96 valence electrons. The number of rotatable bonds is 6. The maximum atomic E-state index is 13.3. The number of nitrogens with zero attached hydrogens (tertiary/aromatic N) is 1. The lowest BCUT2D eigenvalue weighted by Gasteiger charge is -2.30. The molecule has 1 rings (SSSR count). The summed E-state index contributed by atoms with van der Waals surface area (Å²) in [5, 5.41) is 0. The molecule has 0 aliphatic heterocycles. The van der Waals surface area contributed by atoms with Crippen molar-refractivity contribution >= 4 is 0 Å². The van der Waals surface area contributed by atoms with Gasteiger partial charge < -0.3 is 5.73 Å². The van der Waals surface area contributed by atoms with E-state index < -0.39 is 12.5 Å². The maximum absolute atomic E-state index is 13.3. The van der Waals surface area contributed by atoms with Crippen LogP contribution in [-0.4, -0.2) is 30.0 Å². The molecule has 0 aromatic heterocycles. The van der Waals surface area contributed by atoms with Gasteiger partial charge in [0.05, 0.1) is 13.1 Å². The zero-order valence-corrected chi connectivity index (χ0v) is 10.4. The smallest absolute Gasteiger partial charge is 0.272 e. The first kappa shape index (κ1) is 14.1. The number of hydrogen-bond donors (Lipinski definition) is 1. The molecule has 0 saturated heterocycles. The van der Waals surface area contributed by atoms with E-state index >= 15 is 0 Å². The summed E-state index contributed by atoms with van der Waals surface area (Å²) in [5.74, 6) is -2.82. The zero-order valence-electron chi connectivity index (χ0n) is 10.4. The summed E-state index contributed by atoms with van der Waals surface area (Å²) in [5.41, 5.74) is 6.11. The minimum absolute atomic E-state index is 0.0626. The van der Waals surface area contributed by atoms with Crippen molar-refractivity contribution in [3.05, 3.63) is 35.9 Å². The van der Waals surface area contributed by atoms with E-state index in [0.29, 0.717) is 6.54 Å². The molecule has 2 N–H and O–H groups in total. The Bertz CT molecular complexity index is 325. The third-order valence-electron chi connectivity index (χ3n) is 2.69. The molecule has 0 radical (unpaired) electrons. The van der Waals surface area contributed by atoms with Crippen molar-refractivity contribution in [1.82, 2.24) is 4.90 Å². The van der Waals surface area contributed by atoms with Gasteiger partial charge in [0, 0.05) is 12.6 Å². The Morgan fingerprint density at radius 2 is 1.82 bits per heavy atom. The van der Waals surface area contributed by atoms with E-state index in [4.69, 9.17) is 5.73 Å². The number of hydrogen-bond acceptors (Lipinski definition) is 2. The SMILES string of the molecule is CC(C)N(Cc1ccccc1)CC(F)(F)CN. The largest absolute Gasteiger partial charge is 0.325 e. The predicted octanol–water partition coefficient (Wildman–Crippen LogP) is 2.49. The third kappa shape index (κ3) is 4.79. The van der Waals surface area contributed by atoms with Crippen LogP contribution in [0.25, 0.3) is 0 Å². The molecule has 1 aromatic carbocycles. The van der Waals surface area contributed by atoms with Gasteiger partial charge in [-0.15, -0.1) is 0 Å². The second-order valence-electron chi connectivity index (χ2n) is 4.54. The van der Waals surface area contributed by atoms with E-state index in [0.717, 1.165) is 5.56 Å². The molecule has 17 heavy (non-hydrogen) atoms. The van der Waals surface area contributed by atoms with E-state index in [1.807, 2.05) is 44.2 Å². The molecular formula is C13H20F2N2. The van der Waals surface area contributed by atoms with Crippen molar-refractivity contribution in [2.24, 2.45) is 5.73 Å². The highest BCUT2D eigenvalue weighted by atomic mass is 19.3. The fraction of sp³-hybridized carbons (Fsp3) is 0.538.